The number of likely N-dealkylation sites (tertiary alicyclic amines) is 1. The summed E-state index contributed by atoms with van der Waals surface area (Å²) in [6, 6.07) is -0.851. The Morgan fingerprint density at radius 1 is 1.30 bits per heavy atom. The van der Waals surface area contributed by atoms with Crippen molar-refractivity contribution >= 4 is 36.6 Å². The van der Waals surface area contributed by atoms with Gasteiger partial charge in [-0.15, -0.1) is 24.8 Å². The predicted octanol–water partition coefficient (Wildman–Crippen LogP) is -0.431. The lowest BCUT2D eigenvalue weighted by molar-refractivity contribution is -0.147. The van der Waals surface area contributed by atoms with Gasteiger partial charge in [-0.3, -0.25) is 9.59 Å². The van der Waals surface area contributed by atoms with Gasteiger partial charge in [0.1, 0.15) is 6.04 Å². The molecule has 2 fully saturated rings. The Balaban J connectivity index is 0.00000242. The molecule has 7 nitrogen and oxygen atoms in total. The number of rotatable bonds is 5. The number of halogens is 2. The van der Waals surface area contributed by atoms with Crippen LogP contribution in [0.25, 0.3) is 0 Å². The van der Waals surface area contributed by atoms with E-state index < -0.39 is 12.1 Å². The van der Waals surface area contributed by atoms with Gasteiger partial charge in [0.2, 0.25) is 11.8 Å². The Kier molecular flexibility index (Phi) is 10.0. The third-order valence-electron chi connectivity index (χ3n) is 4.12. The maximum Gasteiger partial charge on any atom is 0.245 e. The summed E-state index contributed by atoms with van der Waals surface area (Å²) in [6.07, 6.45) is 1.27. The van der Waals surface area contributed by atoms with Crippen molar-refractivity contribution in [2.24, 2.45) is 5.73 Å². The van der Waals surface area contributed by atoms with Crippen molar-refractivity contribution < 1.29 is 14.3 Å². The first-order valence-corrected chi connectivity index (χ1v) is 7.58. The molecule has 0 unspecified atom stereocenters. The zero-order chi connectivity index (χ0) is 15.4. The maximum absolute atomic E-state index is 12.8. The molecule has 2 amide bonds. The van der Waals surface area contributed by atoms with Gasteiger partial charge in [0.05, 0.1) is 19.3 Å². The van der Waals surface area contributed by atoms with Crippen molar-refractivity contribution in [2.75, 3.05) is 53.5 Å². The second-order valence-electron chi connectivity index (χ2n) is 5.97. The first-order chi connectivity index (χ1) is 10.0. The molecule has 23 heavy (non-hydrogen) atoms. The third-order valence-corrected chi connectivity index (χ3v) is 4.12. The van der Waals surface area contributed by atoms with Gasteiger partial charge in [-0.1, -0.05) is 0 Å². The number of nitrogens with zero attached hydrogens (tertiary/aromatic N) is 3. The molecule has 0 radical (unpaired) electrons. The highest BCUT2D eigenvalue weighted by Crippen LogP contribution is 2.18. The van der Waals surface area contributed by atoms with Gasteiger partial charge in [-0.2, -0.15) is 0 Å². The predicted molar refractivity (Wildman–Crippen MR) is 93.2 cm³/mol. The van der Waals surface area contributed by atoms with E-state index in [1.54, 1.807) is 9.80 Å². The Hall–Kier alpha value is -0.600. The van der Waals surface area contributed by atoms with Crippen LogP contribution in [0, 0.1) is 0 Å². The van der Waals surface area contributed by atoms with Crippen molar-refractivity contribution in [1.82, 2.24) is 14.7 Å². The van der Waals surface area contributed by atoms with Crippen molar-refractivity contribution in [2.45, 2.75) is 24.9 Å². The van der Waals surface area contributed by atoms with Crippen LogP contribution >= 0.6 is 24.8 Å². The molecule has 0 spiro atoms. The fraction of sp³-hybridized carbons (Fsp3) is 0.857. The SMILES string of the molecule is CN(C)CC[C@@H](C(=O)N1CCOCC1)N1CC[C@H](N)C1=O.Cl.Cl. The van der Waals surface area contributed by atoms with E-state index in [2.05, 4.69) is 0 Å². The summed E-state index contributed by atoms with van der Waals surface area (Å²) in [4.78, 5) is 30.4. The van der Waals surface area contributed by atoms with Crippen LogP contribution in [0.5, 0.6) is 0 Å². The highest BCUT2D eigenvalue weighted by molar-refractivity contribution is 5.91. The number of carbonyl (C=O) groups excluding carboxylic acids is 2. The molecule has 9 heteroatoms. The number of amides is 2. The molecule has 2 N–H and O–H groups in total. The minimum absolute atomic E-state index is 0. The molecule has 0 aromatic carbocycles. The average molecular weight is 371 g/mol. The minimum Gasteiger partial charge on any atom is -0.378 e. The van der Waals surface area contributed by atoms with Crippen molar-refractivity contribution in [3.05, 3.63) is 0 Å². The van der Waals surface area contributed by atoms with Crippen LogP contribution in [-0.4, -0.2) is 92.1 Å². The van der Waals surface area contributed by atoms with Crippen molar-refractivity contribution in [3.63, 3.8) is 0 Å². The monoisotopic (exact) mass is 370 g/mol. The van der Waals surface area contributed by atoms with Crippen LogP contribution in [0.3, 0.4) is 0 Å². The van der Waals surface area contributed by atoms with E-state index in [4.69, 9.17) is 10.5 Å². The van der Waals surface area contributed by atoms with Crippen LogP contribution in [0.1, 0.15) is 12.8 Å². The number of hydrogen-bond acceptors (Lipinski definition) is 5. The second-order valence-corrected chi connectivity index (χ2v) is 5.97. The maximum atomic E-state index is 12.8. The normalized spacial score (nSPS) is 22.6. The van der Waals surface area contributed by atoms with Crippen LogP contribution in [-0.2, 0) is 14.3 Å². The number of morpholine rings is 1. The molecular weight excluding hydrogens is 343 g/mol. The largest absolute Gasteiger partial charge is 0.378 e. The molecule has 2 aliphatic rings. The van der Waals surface area contributed by atoms with Crippen LogP contribution in [0.2, 0.25) is 0 Å². The van der Waals surface area contributed by atoms with Crippen molar-refractivity contribution in [3.8, 4) is 0 Å². The summed E-state index contributed by atoms with van der Waals surface area (Å²) < 4.78 is 5.29. The van der Waals surface area contributed by atoms with Gasteiger partial charge >= 0.3 is 0 Å². The Morgan fingerprint density at radius 3 is 2.39 bits per heavy atom. The molecule has 0 bridgehead atoms. The van der Waals surface area contributed by atoms with Crippen molar-refractivity contribution in [1.29, 1.82) is 0 Å². The fourth-order valence-electron chi connectivity index (χ4n) is 2.82. The van der Waals surface area contributed by atoms with E-state index in [9.17, 15) is 9.59 Å². The average Bonchev–Trinajstić information content (AvgIpc) is 2.80. The molecule has 136 valence electrons. The molecule has 2 atom stereocenters. The number of nitrogens with two attached hydrogens (primary N) is 1. The van der Waals surface area contributed by atoms with E-state index in [0.29, 0.717) is 45.7 Å². The van der Waals surface area contributed by atoms with Crippen LogP contribution < -0.4 is 5.73 Å². The van der Waals surface area contributed by atoms with E-state index >= 15 is 0 Å². The standard InChI is InChI=1S/C14H26N4O3.2ClH/c1-16(2)5-4-12(18-6-3-11(15)13(18)19)14(20)17-7-9-21-10-8-17;;/h11-12H,3-10,15H2,1-2H3;2*1H/t11-,12-;;/m0../s1. The zero-order valence-electron chi connectivity index (χ0n) is 13.8. The fourth-order valence-corrected chi connectivity index (χ4v) is 2.82. The van der Waals surface area contributed by atoms with Gasteiger partial charge in [-0.25, -0.2) is 0 Å². The second kappa shape index (κ2) is 10.3. The molecular formula is C14H28Cl2N4O3. The summed E-state index contributed by atoms with van der Waals surface area (Å²) in [5.74, 6) is -0.0667. The Morgan fingerprint density at radius 2 is 1.91 bits per heavy atom. The highest BCUT2D eigenvalue weighted by atomic mass is 35.5. The molecule has 2 aliphatic heterocycles. The lowest BCUT2D eigenvalue weighted by Gasteiger charge is -2.34. The first-order valence-electron chi connectivity index (χ1n) is 7.58. The highest BCUT2D eigenvalue weighted by Gasteiger charge is 2.38. The first kappa shape index (κ1) is 22.4. The van der Waals surface area contributed by atoms with Gasteiger partial charge in [0.25, 0.3) is 0 Å². The number of hydrogen-bond donors (Lipinski definition) is 1. The number of carbonyl (C=O) groups is 2. The zero-order valence-corrected chi connectivity index (χ0v) is 15.4. The quantitative estimate of drug-likeness (QED) is 0.710. The summed E-state index contributed by atoms with van der Waals surface area (Å²) in [5, 5.41) is 0. The van der Waals surface area contributed by atoms with Gasteiger partial charge < -0.3 is 25.2 Å². The molecule has 0 aromatic heterocycles. The van der Waals surface area contributed by atoms with Crippen LogP contribution in [0.4, 0.5) is 0 Å². The third kappa shape index (κ3) is 5.76. The summed E-state index contributed by atoms with van der Waals surface area (Å²) in [6.45, 7) is 3.68. The summed E-state index contributed by atoms with van der Waals surface area (Å²) in [7, 11) is 3.93. The lowest BCUT2D eigenvalue weighted by Crippen LogP contribution is -2.53. The molecule has 2 heterocycles. The number of ether oxygens (including phenoxy) is 1. The van der Waals surface area contributed by atoms with Gasteiger partial charge in [0.15, 0.2) is 0 Å². The van der Waals surface area contributed by atoms with E-state index in [-0.39, 0.29) is 36.6 Å². The summed E-state index contributed by atoms with van der Waals surface area (Å²) in [5.41, 5.74) is 5.79. The van der Waals surface area contributed by atoms with Gasteiger partial charge in [-0.05, 0) is 33.5 Å². The molecule has 0 aliphatic carbocycles. The van der Waals surface area contributed by atoms with Gasteiger partial charge in [0, 0.05) is 19.6 Å². The Labute approximate surface area is 150 Å². The van der Waals surface area contributed by atoms with E-state index in [1.807, 2.05) is 19.0 Å². The molecule has 2 rings (SSSR count). The van der Waals surface area contributed by atoms with E-state index in [0.717, 1.165) is 6.54 Å². The molecule has 0 saturated carbocycles. The van der Waals surface area contributed by atoms with E-state index in [1.165, 1.54) is 0 Å². The topological polar surface area (TPSA) is 79.1 Å². The smallest absolute Gasteiger partial charge is 0.245 e. The minimum atomic E-state index is -0.454. The molecule has 2 saturated heterocycles. The lowest BCUT2D eigenvalue weighted by atomic mass is 10.1. The Bertz CT molecular complexity index is 392. The summed E-state index contributed by atoms with van der Waals surface area (Å²) >= 11 is 0. The van der Waals surface area contributed by atoms with Crippen LogP contribution in [0.15, 0.2) is 0 Å². The molecule has 0 aromatic rings.